The van der Waals surface area contributed by atoms with E-state index in [2.05, 4.69) is 31.6 Å². The largest absolute Gasteiger partial charge is 0.314 e. The zero-order chi connectivity index (χ0) is 21.3. The monoisotopic (exact) mass is 414 g/mol. The van der Waals surface area contributed by atoms with Crippen LogP contribution in [0.4, 0.5) is 10.9 Å². The van der Waals surface area contributed by atoms with Crippen LogP contribution >= 0.6 is 11.3 Å². The molecule has 0 spiro atoms. The zero-order valence-electron chi connectivity index (χ0n) is 16.7. The quantitative estimate of drug-likeness (QED) is 0.486. The third-order valence-corrected chi connectivity index (χ3v) is 5.37. The Balaban J connectivity index is 1.77. The highest BCUT2D eigenvalue weighted by molar-refractivity contribution is 7.16. The van der Waals surface area contributed by atoms with Gasteiger partial charge in [-0.15, -0.1) is 10.2 Å². The van der Waals surface area contributed by atoms with E-state index in [0.29, 0.717) is 26.8 Å². The Labute approximate surface area is 177 Å². The van der Waals surface area contributed by atoms with Crippen molar-refractivity contribution in [2.24, 2.45) is 0 Å². The van der Waals surface area contributed by atoms with Gasteiger partial charge in [0.1, 0.15) is 16.6 Å². The third-order valence-electron chi connectivity index (χ3n) is 4.49. The molecule has 0 aliphatic heterocycles. The molecule has 0 atom stereocenters. The normalized spacial score (nSPS) is 11.3. The SMILES string of the molecule is CC(C)(C)c1nc(Nc2nnc(C(=O)c3cccnc3)c3ccccc23)sc1C#N. The number of carbonyl (C=O) groups excluding carboxylic acids is 1. The minimum absolute atomic E-state index is 0.241. The second-order valence-corrected chi connectivity index (χ2v) is 8.70. The number of pyridine rings is 1. The van der Waals surface area contributed by atoms with E-state index in [1.54, 1.807) is 18.3 Å². The van der Waals surface area contributed by atoms with Crippen molar-refractivity contribution in [2.75, 3.05) is 5.32 Å². The molecule has 4 aromatic rings. The van der Waals surface area contributed by atoms with E-state index >= 15 is 0 Å². The Morgan fingerprint density at radius 2 is 1.87 bits per heavy atom. The van der Waals surface area contributed by atoms with E-state index < -0.39 is 0 Å². The van der Waals surface area contributed by atoms with Crippen LogP contribution in [0.15, 0.2) is 48.8 Å². The maximum Gasteiger partial charge on any atom is 0.215 e. The summed E-state index contributed by atoms with van der Waals surface area (Å²) >= 11 is 1.27. The zero-order valence-corrected chi connectivity index (χ0v) is 17.5. The Morgan fingerprint density at radius 3 is 2.50 bits per heavy atom. The predicted octanol–water partition coefficient (Wildman–Crippen LogP) is 4.63. The summed E-state index contributed by atoms with van der Waals surface area (Å²) in [5, 5.41) is 23.1. The van der Waals surface area contributed by atoms with Gasteiger partial charge in [0.05, 0.1) is 5.69 Å². The topological polar surface area (TPSA) is 104 Å². The maximum absolute atomic E-state index is 12.9. The molecule has 30 heavy (non-hydrogen) atoms. The highest BCUT2D eigenvalue weighted by atomic mass is 32.1. The van der Waals surface area contributed by atoms with Crippen LogP contribution in [0, 0.1) is 11.3 Å². The summed E-state index contributed by atoms with van der Waals surface area (Å²) in [7, 11) is 0. The van der Waals surface area contributed by atoms with E-state index in [9.17, 15) is 10.1 Å². The average Bonchev–Trinajstić information content (AvgIpc) is 3.18. The molecular formula is C22H18N6OS. The van der Waals surface area contributed by atoms with Gasteiger partial charge in [-0.2, -0.15) is 5.26 Å². The number of nitrogens with zero attached hydrogens (tertiary/aromatic N) is 5. The molecule has 0 fully saturated rings. The lowest BCUT2D eigenvalue weighted by Crippen LogP contribution is -2.13. The number of benzene rings is 1. The van der Waals surface area contributed by atoms with Gasteiger partial charge in [0.15, 0.2) is 10.9 Å². The number of nitrogens with one attached hydrogen (secondary N) is 1. The number of hydrogen-bond acceptors (Lipinski definition) is 8. The van der Waals surface area contributed by atoms with Crippen molar-refractivity contribution in [1.29, 1.82) is 5.26 Å². The molecule has 0 bridgehead atoms. The minimum atomic E-state index is -0.255. The molecule has 8 heteroatoms. The summed E-state index contributed by atoms with van der Waals surface area (Å²) in [6.45, 7) is 6.04. The van der Waals surface area contributed by atoms with Gasteiger partial charge < -0.3 is 5.32 Å². The number of aromatic nitrogens is 4. The first kappa shape index (κ1) is 19.6. The lowest BCUT2D eigenvalue weighted by Gasteiger charge is -2.15. The molecule has 3 aromatic heterocycles. The van der Waals surface area contributed by atoms with Crippen molar-refractivity contribution in [2.45, 2.75) is 26.2 Å². The summed E-state index contributed by atoms with van der Waals surface area (Å²) in [6, 6.07) is 13.1. The van der Waals surface area contributed by atoms with Crippen molar-refractivity contribution in [3.63, 3.8) is 0 Å². The molecule has 0 amide bonds. The van der Waals surface area contributed by atoms with Gasteiger partial charge in [-0.25, -0.2) is 4.98 Å². The van der Waals surface area contributed by atoms with Gasteiger partial charge in [0.2, 0.25) is 5.78 Å². The van der Waals surface area contributed by atoms with Gasteiger partial charge in [0, 0.05) is 34.1 Å². The smallest absolute Gasteiger partial charge is 0.215 e. The molecule has 3 heterocycles. The fourth-order valence-corrected chi connectivity index (χ4v) is 4.03. The van der Waals surface area contributed by atoms with Gasteiger partial charge >= 0.3 is 0 Å². The first-order valence-corrected chi connectivity index (χ1v) is 10.1. The maximum atomic E-state index is 12.9. The summed E-state index contributed by atoms with van der Waals surface area (Å²) < 4.78 is 0. The number of ketones is 1. The van der Waals surface area contributed by atoms with E-state index in [0.717, 1.165) is 11.1 Å². The number of thiazole rings is 1. The molecule has 1 aromatic carbocycles. The van der Waals surface area contributed by atoms with Gasteiger partial charge in [-0.05, 0) is 12.1 Å². The van der Waals surface area contributed by atoms with Crippen LogP contribution in [0.25, 0.3) is 10.8 Å². The van der Waals surface area contributed by atoms with Crippen LogP contribution in [-0.2, 0) is 5.41 Å². The number of anilines is 2. The minimum Gasteiger partial charge on any atom is -0.314 e. The Kier molecular flexibility index (Phi) is 4.98. The van der Waals surface area contributed by atoms with Crippen LogP contribution in [0.1, 0.15) is 47.4 Å². The highest BCUT2D eigenvalue weighted by Crippen LogP contribution is 2.34. The van der Waals surface area contributed by atoms with Crippen LogP contribution in [-0.4, -0.2) is 25.9 Å². The molecule has 0 saturated heterocycles. The standard InChI is InChI=1S/C22H18N6OS/c1-22(2,3)19-16(11-23)30-21(25-19)26-20-15-9-5-4-8-14(15)17(27-28-20)18(29)13-7-6-10-24-12-13/h4-10,12H,1-3H3,(H,25,26,28). The van der Waals surface area contributed by atoms with Crippen molar-refractivity contribution >= 4 is 38.8 Å². The van der Waals surface area contributed by atoms with Crippen LogP contribution in [0.2, 0.25) is 0 Å². The van der Waals surface area contributed by atoms with Gasteiger partial charge in [-0.3, -0.25) is 9.78 Å². The second kappa shape index (κ2) is 7.61. The van der Waals surface area contributed by atoms with Crippen molar-refractivity contribution in [1.82, 2.24) is 20.2 Å². The van der Waals surface area contributed by atoms with Gasteiger partial charge in [0.25, 0.3) is 0 Å². The number of nitriles is 1. The number of rotatable bonds is 4. The van der Waals surface area contributed by atoms with Crippen LogP contribution in [0.5, 0.6) is 0 Å². The van der Waals surface area contributed by atoms with Crippen LogP contribution in [0.3, 0.4) is 0 Å². The first-order chi connectivity index (χ1) is 14.4. The third kappa shape index (κ3) is 3.63. The summed E-state index contributed by atoms with van der Waals surface area (Å²) in [6.07, 6.45) is 3.13. The Morgan fingerprint density at radius 1 is 1.10 bits per heavy atom. The van der Waals surface area contributed by atoms with E-state index in [-0.39, 0.29) is 16.9 Å². The molecule has 148 valence electrons. The molecule has 0 aliphatic carbocycles. The molecular weight excluding hydrogens is 396 g/mol. The Bertz CT molecular complexity index is 1280. The van der Waals surface area contributed by atoms with Crippen molar-refractivity contribution < 1.29 is 4.79 Å². The van der Waals surface area contributed by atoms with Crippen molar-refractivity contribution in [3.05, 3.63) is 70.6 Å². The second-order valence-electron chi connectivity index (χ2n) is 7.70. The predicted molar refractivity (Wildman–Crippen MR) is 116 cm³/mol. The summed E-state index contributed by atoms with van der Waals surface area (Å²) in [5.74, 6) is 0.237. The van der Waals surface area contributed by atoms with E-state index in [1.807, 2.05) is 45.0 Å². The molecule has 0 radical (unpaired) electrons. The first-order valence-electron chi connectivity index (χ1n) is 9.27. The molecule has 0 saturated carbocycles. The summed E-state index contributed by atoms with van der Waals surface area (Å²) in [5.41, 5.74) is 1.19. The molecule has 4 rings (SSSR count). The number of hydrogen-bond donors (Lipinski definition) is 1. The van der Waals surface area contributed by atoms with Crippen LogP contribution < -0.4 is 5.32 Å². The van der Waals surface area contributed by atoms with Gasteiger partial charge in [-0.1, -0.05) is 56.4 Å². The number of fused-ring (bicyclic) bond motifs is 1. The number of carbonyl (C=O) groups is 1. The fraction of sp³-hybridized carbons (Fsp3) is 0.182. The van der Waals surface area contributed by atoms with Crippen molar-refractivity contribution in [3.8, 4) is 6.07 Å². The molecule has 0 aliphatic rings. The summed E-state index contributed by atoms with van der Waals surface area (Å²) in [4.78, 5) is 22.1. The molecule has 1 N–H and O–H groups in total. The lowest BCUT2D eigenvalue weighted by atomic mass is 9.91. The van der Waals surface area contributed by atoms with E-state index in [4.69, 9.17) is 0 Å². The average molecular weight is 414 g/mol. The molecule has 0 unspecified atom stereocenters. The fourth-order valence-electron chi connectivity index (χ4n) is 3.06. The lowest BCUT2D eigenvalue weighted by molar-refractivity contribution is 0.103. The Hall–Kier alpha value is -3.70. The molecule has 7 nitrogen and oxygen atoms in total. The highest BCUT2D eigenvalue weighted by Gasteiger charge is 2.24. The van der Waals surface area contributed by atoms with E-state index in [1.165, 1.54) is 17.5 Å².